The number of hydrogen-bond acceptors (Lipinski definition) is 4. The van der Waals surface area contributed by atoms with E-state index in [1.165, 1.54) is 0 Å². The number of benzene rings is 1. The zero-order chi connectivity index (χ0) is 12.1. The normalized spacial score (nSPS) is 20.5. The Morgan fingerprint density at radius 1 is 1.24 bits per heavy atom. The number of morpholine rings is 1. The second-order valence-electron chi connectivity index (χ2n) is 4.16. The van der Waals surface area contributed by atoms with Crippen molar-refractivity contribution >= 4 is 0 Å². The molecule has 0 spiro atoms. The van der Waals surface area contributed by atoms with E-state index >= 15 is 0 Å². The van der Waals surface area contributed by atoms with Gasteiger partial charge in [-0.2, -0.15) is 5.26 Å². The standard InChI is InChI=1S/C13H17N3O/c14-10-12(16-6-8-17-9-7-16)13(15)11-4-2-1-3-5-11/h1-5,12-13H,6-9,15H2/t12?,13-/m0/s1. The van der Waals surface area contributed by atoms with Gasteiger partial charge in [0.2, 0.25) is 0 Å². The van der Waals surface area contributed by atoms with E-state index in [0.717, 1.165) is 18.7 Å². The van der Waals surface area contributed by atoms with Gasteiger partial charge in [0.05, 0.1) is 25.3 Å². The zero-order valence-corrected chi connectivity index (χ0v) is 9.75. The van der Waals surface area contributed by atoms with E-state index in [1.54, 1.807) is 0 Å². The lowest BCUT2D eigenvalue weighted by Crippen LogP contribution is -2.47. The molecular weight excluding hydrogens is 214 g/mol. The summed E-state index contributed by atoms with van der Waals surface area (Å²) in [6.45, 7) is 2.91. The largest absolute Gasteiger partial charge is 0.379 e. The van der Waals surface area contributed by atoms with E-state index in [2.05, 4.69) is 11.0 Å². The lowest BCUT2D eigenvalue weighted by Gasteiger charge is -2.33. The van der Waals surface area contributed by atoms with Crippen LogP contribution in [-0.2, 0) is 4.74 Å². The summed E-state index contributed by atoms with van der Waals surface area (Å²) in [6, 6.07) is 11.6. The number of nitrogens with zero attached hydrogens (tertiary/aromatic N) is 2. The van der Waals surface area contributed by atoms with E-state index in [4.69, 9.17) is 10.5 Å². The monoisotopic (exact) mass is 231 g/mol. The Bertz CT molecular complexity index is 381. The Hall–Kier alpha value is -1.41. The van der Waals surface area contributed by atoms with Crippen LogP contribution in [0.1, 0.15) is 11.6 Å². The summed E-state index contributed by atoms with van der Waals surface area (Å²) < 4.78 is 5.29. The number of hydrogen-bond donors (Lipinski definition) is 1. The second-order valence-corrected chi connectivity index (χ2v) is 4.16. The summed E-state index contributed by atoms with van der Waals surface area (Å²) in [5.41, 5.74) is 7.18. The molecule has 90 valence electrons. The van der Waals surface area contributed by atoms with Gasteiger partial charge in [0, 0.05) is 13.1 Å². The second kappa shape index (κ2) is 5.78. The highest BCUT2D eigenvalue weighted by molar-refractivity contribution is 5.22. The van der Waals surface area contributed by atoms with E-state index in [-0.39, 0.29) is 12.1 Å². The fraction of sp³-hybridized carbons (Fsp3) is 0.462. The van der Waals surface area contributed by atoms with Crippen molar-refractivity contribution in [2.24, 2.45) is 5.73 Å². The van der Waals surface area contributed by atoms with Gasteiger partial charge in [0.25, 0.3) is 0 Å². The van der Waals surface area contributed by atoms with Crippen LogP contribution in [0.3, 0.4) is 0 Å². The maximum Gasteiger partial charge on any atom is 0.117 e. The van der Waals surface area contributed by atoms with Gasteiger partial charge in [0.1, 0.15) is 6.04 Å². The molecule has 2 N–H and O–H groups in total. The van der Waals surface area contributed by atoms with Crippen LogP contribution in [0.5, 0.6) is 0 Å². The van der Waals surface area contributed by atoms with Crippen molar-refractivity contribution in [3.63, 3.8) is 0 Å². The van der Waals surface area contributed by atoms with Crippen molar-refractivity contribution in [2.75, 3.05) is 26.3 Å². The van der Waals surface area contributed by atoms with Crippen LogP contribution in [0.2, 0.25) is 0 Å². The quantitative estimate of drug-likeness (QED) is 0.840. The smallest absolute Gasteiger partial charge is 0.117 e. The molecule has 2 atom stereocenters. The fourth-order valence-electron chi connectivity index (χ4n) is 2.10. The summed E-state index contributed by atoms with van der Waals surface area (Å²) in [5, 5.41) is 9.30. The molecule has 17 heavy (non-hydrogen) atoms. The molecule has 0 amide bonds. The number of rotatable bonds is 3. The molecule has 1 saturated heterocycles. The Morgan fingerprint density at radius 3 is 2.47 bits per heavy atom. The summed E-state index contributed by atoms with van der Waals surface area (Å²) in [6.07, 6.45) is 0. The van der Waals surface area contributed by atoms with Gasteiger partial charge in [-0.25, -0.2) is 0 Å². The molecule has 0 saturated carbocycles. The molecule has 4 heteroatoms. The van der Waals surface area contributed by atoms with Gasteiger partial charge in [-0.3, -0.25) is 4.90 Å². The van der Waals surface area contributed by atoms with Crippen LogP contribution in [-0.4, -0.2) is 37.2 Å². The molecule has 0 radical (unpaired) electrons. The van der Waals surface area contributed by atoms with Crippen molar-refractivity contribution < 1.29 is 4.74 Å². The first-order valence-corrected chi connectivity index (χ1v) is 5.85. The Morgan fingerprint density at radius 2 is 1.88 bits per heavy atom. The van der Waals surface area contributed by atoms with Gasteiger partial charge in [-0.15, -0.1) is 0 Å². The number of ether oxygens (including phenoxy) is 1. The van der Waals surface area contributed by atoms with Crippen molar-refractivity contribution in [2.45, 2.75) is 12.1 Å². The molecule has 0 aromatic heterocycles. The molecule has 1 fully saturated rings. The Labute approximate surface area is 102 Å². The Kier molecular flexibility index (Phi) is 4.10. The van der Waals surface area contributed by atoms with E-state index in [9.17, 15) is 5.26 Å². The van der Waals surface area contributed by atoms with Crippen molar-refractivity contribution in [1.82, 2.24) is 4.90 Å². The Balaban J connectivity index is 2.10. The minimum atomic E-state index is -0.277. The average Bonchev–Trinajstić information content (AvgIpc) is 2.42. The highest BCUT2D eigenvalue weighted by Crippen LogP contribution is 2.19. The highest BCUT2D eigenvalue weighted by Gasteiger charge is 2.27. The summed E-state index contributed by atoms with van der Waals surface area (Å²) in [7, 11) is 0. The molecule has 2 rings (SSSR count). The summed E-state index contributed by atoms with van der Waals surface area (Å²) in [4.78, 5) is 2.10. The molecule has 0 aliphatic carbocycles. The van der Waals surface area contributed by atoms with Gasteiger partial charge in [-0.1, -0.05) is 30.3 Å². The highest BCUT2D eigenvalue weighted by atomic mass is 16.5. The number of nitriles is 1. The third-order valence-corrected chi connectivity index (χ3v) is 3.10. The molecule has 1 heterocycles. The minimum absolute atomic E-state index is 0.265. The minimum Gasteiger partial charge on any atom is -0.379 e. The third-order valence-electron chi connectivity index (χ3n) is 3.10. The molecule has 1 aliphatic rings. The molecular formula is C13H17N3O. The van der Waals surface area contributed by atoms with Crippen molar-refractivity contribution in [1.29, 1.82) is 5.26 Å². The zero-order valence-electron chi connectivity index (χ0n) is 9.75. The molecule has 0 bridgehead atoms. The van der Waals surface area contributed by atoms with Crippen LogP contribution in [0.25, 0.3) is 0 Å². The predicted molar refractivity (Wildman–Crippen MR) is 65.2 cm³/mol. The molecule has 1 aliphatic heterocycles. The van der Waals surface area contributed by atoms with E-state index < -0.39 is 0 Å². The van der Waals surface area contributed by atoms with Gasteiger partial charge >= 0.3 is 0 Å². The predicted octanol–water partition coefficient (Wildman–Crippen LogP) is 0.911. The van der Waals surface area contributed by atoms with E-state index in [1.807, 2.05) is 30.3 Å². The first kappa shape index (κ1) is 12.1. The average molecular weight is 231 g/mol. The van der Waals surface area contributed by atoms with Crippen LogP contribution >= 0.6 is 0 Å². The SMILES string of the molecule is N#CC([C@@H](N)c1ccccc1)N1CCOCC1. The third kappa shape index (κ3) is 2.83. The molecule has 1 unspecified atom stereocenters. The topological polar surface area (TPSA) is 62.3 Å². The van der Waals surface area contributed by atoms with Crippen LogP contribution in [0.15, 0.2) is 30.3 Å². The molecule has 4 nitrogen and oxygen atoms in total. The van der Waals surface area contributed by atoms with Crippen LogP contribution < -0.4 is 5.73 Å². The first-order valence-electron chi connectivity index (χ1n) is 5.85. The lowest BCUT2D eigenvalue weighted by molar-refractivity contribution is 0.0225. The van der Waals surface area contributed by atoms with Gasteiger partial charge < -0.3 is 10.5 Å². The van der Waals surface area contributed by atoms with Crippen molar-refractivity contribution in [3.05, 3.63) is 35.9 Å². The van der Waals surface area contributed by atoms with Crippen LogP contribution in [0.4, 0.5) is 0 Å². The summed E-state index contributed by atoms with van der Waals surface area (Å²) >= 11 is 0. The maximum absolute atomic E-state index is 9.30. The first-order chi connectivity index (χ1) is 8.33. The van der Waals surface area contributed by atoms with E-state index in [0.29, 0.717) is 13.2 Å². The van der Waals surface area contributed by atoms with Gasteiger partial charge in [0.15, 0.2) is 0 Å². The number of nitrogens with two attached hydrogens (primary N) is 1. The van der Waals surface area contributed by atoms with Crippen molar-refractivity contribution in [3.8, 4) is 6.07 Å². The lowest BCUT2D eigenvalue weighted by atomic mass is 9.99. The molecule has 1 aromatic carbocycles. The summed E-state index contributed by atoms with van der Waals surface area (Å²) in [5.74, 6) is 0. The molecule has 1 aromatic rings. The maximum atomic E-state index is 9.30. The van der Waals surface area contributed by atoms with Gasteiger partial charge in [-0.05, 0) is 5.56 Å². The van der Waals surface area contributed by atoms with Crippen LogP contribution in [0, 0.1) is 11.3 Å². The fourth-order valence-corrected chi connectivity index (χ4v) is 2.10.